The van der Waals surface area contributed by atoms with Crippen LogP contribution in [0.5, 0.6) is 0 Å². The van der Waals surface area contributed by atoms with Gasteiger partial charge in [-0.05, 0) is 43.9 Å². The van der Waals surface area contributed by atoms with Crippen molar-refractivity contribution in [2.75, 3.05) is 13.1 Å². The second-order valence-electron chi connectivity index (χ2n) is 8.06. The molecular weight excluding hydrogens is 442 g/mol. The van der Waals surface area contributed by atoms with E-state index in [2.05, 4.69) is 10.3 Å². The van der Waals surface area contributed by atoms with Crippen LogP contribution in [0.2, 0.25) is 5.02 Å². The molecule has 1 aromatic heterocycles. The van der Waals surface area contributed by atoms with Crippen LogP contribution in [0.3, 0.4) is 0 Å². The number of amides is 2. The Morgan fingerprint density at radius 1 is 1.09 bits per heavy atom. The van der Waals surface area contributed by atoms with E-state index in [1.54, 1.807) is 0 Å². The van der Waals surface area contributed by atoms with Crippen molar-refractivity contribution in [2.24, 2.45) is 0 Å². The average Bonchev–Trinajstić information content (AvgIpc) is 3.20. The van der Waals surface area contributed by atoms with Crippen molar-refractivity contribution in [1.82, 2.24) is 15.2 Å². The van der Waals surface area contributed by atoms with Crippen molar-refractivity contribution in [3.63, 3.8) is 0 Å². The molecule has 0 spiro atoms. The summed E-state index contributed by atoms with van der Waals surface area (Å²) in [5.74, 6) is 0.0959. The molecule has 4 rings (SSSR count). The number of aryl methyl sites for hydroxylation is 2. The van der Waals surface area contributed by atoms with E-state index >= 15 is 0 Å². The van der Waals surface area contributed by atoms with Gasteiger partial charge in [-0.1, -0.05) is 54.1 Å². The van der Waals surface area contributed by atoms with Gasteiger partial charge in [0.1, 0.15) is 9.88 Å². The number of benzene rings is 2. The Balaban J connectivity index is 1.29. The zero-order chi connectivity index (χ0) is 22.5. The molecule has 166 valence electrons. The van der Waals surface area contributed by atoms with E-state index in [0.29, 0.717) is 29.4 Å². The monoisotopic (exact) mass is 467 g/mol. The molecule has 1 aliphatic rings. The van der Waals surface area contributed by atoms with Gasteiger partial charge in [0.2, 0.25) is 5.91 Å². The van der Waals surface area contributed by atoms with Gasteiger partial charge in [-0.25, -0.2) is 4.98 Å². The number of thiazole rings is 1. The topological polar surface area (TPSA) is 62.3 Å². The normalized spacial score (nSPS) is 14.4. The smallest absolute Gasteiger partial charge is 0.265 e. The second kappa shape index (κ2) is 10.3. The number of nitrogens with one attached hydrogen (secondary N) is 1. The summed E-state index contributed by atoms with van der Waals surface area (Å²) < 4.78 is 0. The first-order valence-corrected chi connectivity index (χ1v) is 12.0. The standard InChI is InChI=1S/C25H26ClN3O2S/c1-17-23(32-24(27-17)19-8-10-20(26)11-9-19)25(31)29-15-13-21(14-16-29)28-22(30)12-7-18-5-3-2-4-6-18/h2-6,8-11,21H,7,12-16H2,1H3,(H,28,30). The highest BCUT2D eigenvalue weighted by Gasteiger charge is 2.27. The van der Waals surface area contributed by atoms with Crippen molar-refractivity contribution in [1.29, 1.82) is 0 Å². The van der Waals surface area contributed by atoms with E-state index in [9.17, 15) is 9.59 Å². The minimum atomic E-state index is 0.0223. The third-order valence-corrected chi connectivity index (χ3v) is 7.16. The molecule has 2 amide bonds. The Bertz CT molecular complexity index is 1070. The molecule has 0 aliphatic carbocycles. The highest BCUT2D eigenvalue weighted by Crippen LogP contribution is 2.30. The van der Waals surface area contributed by atoms with E-state index in [-0.39, 0.29) is 17.9 Å². The van der Waals surface area contributed by atoms with E-state index in [1.807, 2.05) is 66.4 Å². The number of hydrogen-bond donors (Lipinski definition) is 1. The molecular formula is C25H26ClN3O2S. The lowest BCUT2D eigenvalue weighted by Gasteiger charge is -2.32. The largest absolute Gasteiger partial charge is 0.353 e. The zero-order valence-corrected chi connectivity index (χ0v) is 19.6. The average molecular weight is 468 g/mol. The maximum absolute atomic E-state index is 13.1. The number of carbonyl (C=O) groups excluding carboxylic acids is 2. The van der Waals surface area contributed by atoms with Gasteiger partial charge in [0.05, 0.1) is 5.69 Å². The summed E-state index contributed by atoms with van der Waals surface area (Å²) in [4.78, 5) is 32.6. The first-order chi connectivity index (χ1) is 15.5. The first kappa shape index (κ1) is 22.5. The Morgan fingerprint density at radius 3 is 2.47 bits per heavy atom. The van der Waals surface area contributed by atoms with Crippen LogP contribution < -0.4 is 5.32 Å². The molecule has 0 radical (unpaired) electrons. The molecule has 7 heteroatoms. The predicted molar refractivity (Wildman–Crippen MR) is 129 cm³/mol. The number of rotatable bonds is 6. The number of aromatic nitrogens is 1. The summed E-state index contributed by atoms with van der Waals surface area (Å²) in [7, 11) is 0. The Labute approximate surface area is 197 Å². The fraction of sp³-hybridized carbons (Fsp3) is 0.320. The van der Waals surface area contributed by atoms with Gasteiger partial charge in [0, 0.05) is 36.1 Å². The Kier molecular flexibility index (Phi) is 7.22. The molecule has 32 heavy (non-hydrogen) atoms. The zero-order valence-electron chi connectivity index (χ0n) is 18.0. The first-order valence-electron chi connectivity index (χ1n) is 10.9. The quantitative estimate of drug-likeness (QED) is 0.547. The summed E-state index contributed by atoms with van der Waals surface area (Å²) >= 11 is 7.39. The fourth-order valence-electron chi connectivity index (χ4n) is 3.88. The van der Waals surface area contributed by atoms with Crippen LogP contribution in [0.25, 0.3) is 10.6 Å². The third kappa shape index (κ3) is 5.56. The van der Waals surface area contributed by atoms with Gasteiger partial charge in [-0.3, -0.25) is 9.59 Å². The van der Waals surface area contributed by atoms with Crippen molar-refractivity contribution in [3.8, 4) is 10.6 Å². The third-order valence-electron chi connectivity index (χ3n) is 5.71. The number of hydrogen-bond acceptors (Lipinski definition) is 4. The molecule has 1 fully saturated rings. The van der Waals surface area contributed by atoms with Crippen LogP contribution in [0.15, 0.2) is 54.6 Å². The number of nitrogens with zero attached hydrogens (tertiary/aromatic N) is 2. The Hall–Kier alpha value is -2.70. The second-order valence-corrected chi connectivity index (χ2v) is 9.50. The van der Waals surface area contributed by atoms with Crippen LogP contribution in [-0.4, -0.2) is 40.8 Å². The summed E-state index contributed by atoms with van der Waals surface area (Å²) in [5.41, 5.74) is 2.88. The van der Waals surface area contributed by atoms with Gasteiger partial charge in [-0.15, -0.1) is 11.3 Å². The lowest BCUT2D eigenvalue weighted by Crippen LogP contribution is -2.46. The van der Waals surface area contributed by atoms with Crippen LogP contribution >= 0.6 is 22.9 Å². The molecule has 3 aromatic rings. The maximum atomic E-state index is 13.1. The lowest BCUT2D eigenvalue weighted by atomic mass is 10.0. The number of piperidine rings is 1. The van der Waals surface area contributed by atoms with E-state index < -0.39 is 0 Å². The minimum Gasteiger partial charge on any atom is -0.353 e. The Morgan fingerprint density at radius 2 is 1.78 bits per heavy atom. The fourth-order valence-corrected chi connectivity index (χ4v) is 5.05. The van der Waals surface area contributed by atoms with Crippen LogP contribution in [-0.2, 0) is 11.2 Å². The van der Waals surface area contributed by atoms with E-state index in [0.717, 1.165) is 35.5 Å². The highest BCUT2D eigenvalue weighted by atomic mass is 35.5. The van der Waals surface area contributed by atoms with Crippen LogP contribution in [0, 0.1) is 6.92 Å². The summed E-state index contributed by atoms with van der Waals surface area (Å²) in [6, 6.07) is 17.6. The molecule has 5 nitrogen and oxygen atoms in total. The molecule has 0 atom stereocenters. The van der Waals surface area contributed by atoms with Crippen molar-refractivity contribution >= 4 is 34.8 Å². The molecule has 0 bridgehead atoms. The van der Waals surface area contributed by atoms with Gasteiger partial charge in [-0.2, -0.15) is 0 Å². The van der Waals surface area contributed by atoms with Crippen molar-refractivity contribution in [2.45, 2.75) is 38.6 Å². The molecule has 0 saturated carbocycles. The maximum Gasteiger partial charge on any atom is 0.265 e. The van der Waals surface area contributed by atoms with E-state index in [1.165, 1.54) is 16.9 Å². The molecule has 2 aromatic carbocycles. The van der Waals surface area contributed by atoms with Gasteiger partial charge in [0.15, 0.2) is 0 Å². The number of carbonyl (C=O) groups is 2. The lowest BCUT2D eigenvalue weighted by molar-refractivity contribution is -0.122. The molecule has 0 unspecified atom stereocenters. The number of halogens is 1. The van der Waals surface area contributed by atoms with Gasteiger partial charge in [0.25, 0.3) is 5.91 Å². The van der Waals surface area contributed by atoms with Crippen LogP contribution in [0.1, 0.15) is 40.2 Å². The van der Waals surface area contributed by atoms with Crippen LogP contribution in [0.4, 0.5) is 0 Å². The molecule has 2 heterocycles. The van der Waals surface area contributed by atoms with E-state index in [4.69, 9.17) is 11.6 Å². The molecule has 1 N–H and O–H groups in total. The SMILES string of the molecule is Cc1nc(-c2ccc(Cl)cc2)sc1C(=O)N1CCC(NC(=O)CCc2ccccc2)CC1. The number of likely N-dealkylation sites (tertiary alicyclic amines) is 1. The molecule has 1 aliphatic heterocycles. The minimum absolute atomic E-state index is 0.0223. The summed E-state index contributed by atoms with van der Waals surface area (Å²) in [6.45, 7) is 3.15. The van der Waals surface area contributed by atoms with Gasteiger partial charge >= 0.3 is 0 Å². The van der Waals surface area contributed by atoms with Crippen molar-refractivity contribution < 1.29 is 9.59 Å². The molecule has 1 saturated heterocycles. The summed E-state index contributed by atoms with van der Waals surface area (Å²) in [5, 5.41) is 4.63. The predicted octanol–water partition coefficient (Wildman–Crippen LogP) is 5.13. The van der Waals surface area contributed by atoms with Crippen molar-refractivity contribution in [3.05, 3.63) is 75.8 Å². The highest BCUT2D eigenvalue weighted by molar-refractivity contribution is 7.17. The van der Waals surface area contributed by atoms with Gasteiger partial charge < -0.3 is 10.2 Å². The summed E-state index contributed by atoms with van der Waals surface area (Å²) in [6.07, 6.45) is 2.76.